The van der Waals surface area contributed by atoms with Gasteiger partial charge < -0.3 is 14.2 Å². The van der Waals surface area contributed by atoms with Gasteiger partial charge in [-0.3, -0.25) is 14.8 Å². The van der Waals surface area contributed by atoms with Crippen LogP contribution in [0.15, 0.2) is 47.4 Å². The van der Waals surface area contributed by atoms with Crippen LogP contribution < -0.4 is 15.8 Å². The topological polar surface area (TPSA) is 118 Å². The van der Waals surface area contributed by atoms with Crippen LogP contribution in [0.5, 0.6) is 5.75 Å². The maximum atomic E-state index is 12.6. The van der Waals surface area contributed by atoms with Crippen LogP contribution in [0.25, 0.3) is 11.1 Å². The van der Waals surface area contributed by atoms with Crippen molar-refractivity contribution in [2.45, 2.75) is 50.3 Å². The van der Waals surface area contributed by atoms with Crippen molar-refractivity contribution in [1.82, 2.24) is 14.9 Å². The summed E-state index contributed by atoms with van der Waals surface area (Å²) in [6.45, 7) is 5.31. The largest absolute Gasteiger partial charge is 0.494 e. The number of hydrogen-bond acceptors (Lipinski definition) is 7. The highest BCUT2D eigenvalue weighted by atomic mass is 32.2. The molecule has 1 saturated heterocycles. The van der Waals surface area contributed by atoms with Crippen LogP contribution in [0.2, 0.25) is 0 Å². The Kier molecular flexibility index (Phi) is 9.09. The molecule has 2 aromatic rings. The summed E-state index contributed by atoms with van der Waals surface area (Å²) in [6, 6.07) is 10.8. The standard InChI is InChI=1S/C25H35N3O6S/c1-25(24(30)26-31,35(2,32)33)12-17-28-16-11-21(19-23(28)29)20-7-9-22(10-8-20)34-18-6-15-27-13-4-3-5-14-27/h7-11,16,19,31H,3-6,12-15,17-18H2,1-2H3,(H,26,30). The van der Waals surface area contributed by atoms with Crippen molar-refractivity contribution in [2.75, 3.05) is 32.5 Å². The Morgan fingerprint density at radius 2 is 1.77 bits per heavy atom. The second kappa shape index (κ2) is 11.8. The van der Waals surface area contributed by atoms with Gasteiger partial charge in [-0.2, -0.15) is 0 Å². The van der Waals surface area contributed by atoms with Gasteiger partial charge in [-0.1, -0.05) is 18.6 Å². The average Bonchev–Trinajstić information content (AvgIpc) is 2.85. The van der Waals surface area contributed by atoms with Gasteiger partial charge in [-0.15, -0.1) is 0 Å². The van der Waals surface area contributed by atoms with Gasteiger partial charge in [0.25, 0.3) is 11.5 Å². The second-order valence-corrected chi connectivity index (χ2v) is 11.7. The van der Waals surface area contributed by atoms with Gasteiger partial charge >= 0.3 is 0 Å². The first-order valence-corrected chi connectivity index (χ1v) is 13.8. The lowest BCUT2D eigenvalue weighted by atomic mass is 10.1. The molecule has 0 radical (unpaired) electrons. The molecule has 9 nitrogen and oxygen atoms in total. The lowest BCUT2D eigenvalue weighted by molar-refractivity contribution is -0.131. The fraction of sp³-hybridized carbons (Fsp3) is 0.520. The number of aryl methyl sites for hydroxylation is 1. The maximum Gasteiger partial charge on any atom is 0.264 e. The van der Waals surface area contributed by atoms with Gasteiger partial charge in [-0.05, 0) is 75.0 Å². The summed E-state index contributed by atoms with van der Waals surface area (Å²) in [4.78, 5) is 27.1. The minimum atomic E-state index is -3.83. The number of ether oxygens (including phenoxy) is 1. The Bertz CT molecular complexity index is 1160. The van der Waals surface area contributed by atoms with Crippen LogP contribution in [0, 0.1) is 0 Å². The quantitative estimate of drug-likeness (QED) is 0.274. The van der Waals surface area contributed by atoms with Crippen molar-refractivity contribution in [3.8, 4) is 16.9 Å². The van der Waals surface area contributed by atoms with Crippen LogP contribution in [0.4, 0.5) is 0 Å². The van der Waals surface area contributed by atoms with E-state index in [-0.39, 0.29) is 18.5 Å². The van der Waals surface area contributed by atoms with Crippen molar-refractivity contribution < 1.29 is 23.2 Å². The number of amides is 1. The van der Waals surface area contributed by atoms with Crippen molar-refractivity contribution in [2.24, 2.45) is 0 Å². The molecule has 1 amide bonds. The van der Waals surface area contributed by atoms with Gasteiger partial charge in [0.2, 0.25) is 0 Å². The molecule has 0 bridgehead atoms. The molecule has 1 aliphatic rings. The monoisotopic (exact) mass is 505 g/mol. The van der Waals surface area contributed by atoms with Crippen LogP contribution in [0.3, 0.4) is 0 Å². The number of hydrogen-bond donors (Lipinski definition) is 2. The fourth-order valence-electron chi connectivity index (χ4n) is 4.20. The van der Waals surface area contributed by atoms with Gasteiger partial charge in [0.1, 0.15) is 5.75 Å². The van der Waals surface area contributed by atoms with E-state index in [9.17, 15) is 18.0 Å². The van der Waals surface area contributed by atoms with E-state index in [4.69, 9.17) is 9.94 Å². The van der Waals surface area contributed by atoms with E-state index in [1.807, 2.05) is 24.3 Å². The van der Waals surface area contributed by atoms with Crippen LogP contribution in [-0.4, -0.2) is 66.2 Å². The number of hydroxylamine groups is 1. The molecule has 0 spiro atoms. The second-order valence-electron chi connectivity index (χ2n) is 9.27. The molecule has 1 unspecified atom stereocenters. The highest BCUT2D eigenvalue weighted by Crippen LogP contribution is 2.24. The zero-order valence-corrected chi connectivity index (χ0v) is 21.2. The summed E-state index contributed by atoms with van der Waals surface area (Å²) >= 11 is 0. The van der Waals surface area contributed by atoms with Crippen molar-refractivity contribution in [1.29, 1.82) is 0 Å². The van der Waals surface area contributed by atoms with Crippen LogP contribution >= 0.6 is 0 Å². The molecule has 192 valence electrons. The summed E-state index contributed by atoms with van der Waals surface area (Å²) in [5, 5.41) is 8.94. The highest BCUT2D eigenvalue weighted by molar-refractivity contribution is 7.92. The minimum Gasteiger partial charge on any atom is -0.494 e. The van der Waals surface area contributed by atoms with Gasteiger partial charge in [0.05, 0.1) is 6.61 Å². The van der Waals surface area contributed by atoms with E-state index in [1.165, 1.54) is 55.4 Å². The first-order valence-electron chi connectivity index (χ1n) is 11.9. The Morgan fingerprint density at radius 1 is 1.09 bits per heavy atom. The molecule has 1 aromatic heterocycles. The van der Waals surface area contributed by atoms with Crippen LogP contribution in [-0.2, 0) is 21.2 Å². The number of nitrogens with one attached hydrogen (secondary N) is 1. The number of aromatic nitrogens is 1. The van der Waals surface area contributed by atoms with Gasteiger partial charge in [0.15, 0.2) is 14.6 Å². The average molecular weight is 506 g/mol. The number of benzene rings is 1. The summed E-state index contributed by atoms with van der Waals surface area (Å²) < 4.78 is 29.6. The molecule has 2 heterocycles. The Hall–Kier alpha value is -2.69. The first kappa shape index (κ1) is 26.9. The molecule has 3 rings (SSSR count). The lowest BCUT2D eigenvalue weighted by Crippen LogP contribution is -2.49. The van der Waals surface area contributed by atoms with Crippen molar-refractivity contribution in [3.63, 3.8) is 0 Å². The van der Waals surface area contributed by atoms with E-state index < -0.39 is 20.5 Å². The molecular formula is C25H35N3O6S. The van der Waals surface area contributed by atoms with E-state index in [0.717, 1.165) is 36.1 Å². The predicted octanol–water partition coefficient (Wildman–Crippen LogP) is 2.47. The van der Waals surface area contributed by atoms with Gasteiger partial charge in [0, 0.05) is 31.6 Å². The van der Waals surface area contributed by atoms with E-state index in [1.54, 1.807) is 12.3 Å². The third kappa shape index (κ3) is 6.93. The minimum absolute atomic E-state index is 0.000307. The molecule has 0 aliphatic carbocycles. The normalized spacial score (nSPS) is 16.4. The molecule has 1 aromatic carbocycles. The van der Waals surface area contributed by atoms with E-state index >= 15 is 0 Å². The number of sulfone groups is 1. The number of likely N-dealkylation sites (tertiary alicyclic amines) is 1. The summed E-state index contributed by atoms with van der Waals surface area (Å²) in [6.07, 6.45) is 7.22. The molecule has 35 heavy (non-hydrogen) atoms. The molecule has 1 aliphatic heterocycles. The van der Waals surface area contributed by atoms with Crippen molar-refractivity contribution in [3.05, 3.63) is 52.9 Å². The van der Waals surface area contributed by atoms with E-state index in [2.05, 4.69) is 4.90 Å². The predicted molar refractivity (Wildman–Crippen MR) is 134 cm³/mol. The van der Waals surface area contributed by atoms with E-state index in [0.29, 0.717) is 6.61 Å². The van der Waals surface area contributed by atoms with Crippen molar-refractivity contribution >= 4 is 15.7 Å². The molecule has 10 heteroatoms. The zero-order valence-electron chi connectivity index (χ0n) is 20.4. The highest BCUT2D eigenvalue weighted by Gasteiger charge is 2.43. The third-order valence-corrected chi connectivity index (χ3v) is 8.78. The number of piperidine rings is 1. The maximum absolute atomic E-state index is 12.6. The molecular weight excluding hydrogens is 470 g/mol. The fourth-order valence-corrected chi connectivity index (χ4v) is 5.04. The summed E-state index contributed by atoms with van der Waals surface area (Å²) in [5.41, 5.74) is 2.67. The molecule has 2 N–H and O–H groups in total. The number of nitrogens with zero attached hydrogens (tertiary/aromatic N) is 2. The first-order chi connectivity index (χ1) is 16.6. The Balaban J connectivity index is 1.57. The smallest absolute Gasteiger partial charge is 0.264 e. The van der Waals surface area contributed by atoms with Gasteiger partial charge in [-0.25, -0.2) is 13.9 Å². The number of carbonyl (C=O) groups is 1. The summed E-state index contributed by atoms with van der Waals surface area (Å²) in [5.74, 6) is -0.249. The molecule has 0 saturated carbocycles. The lowest BCUT2D eigenvalue weighted by Gasteiger charge is -2.26. The number of rotatable bonds is 11. The molecule has 1 atom stereocenters. The number of pyridine rings is 1. The zero-order chi connectivity index (χ0) is 25.5. The third-order valence-electron chi connectivity index (χ3n) is 6.75. The molecule has 1 fully saturated rings. The summed E-state index contributed by atoms with van der Waals surface area (Å²) in [7, 11) is -3.83. The number of carbonyl (C=O) groups excluding carboxylic acids is 1. The Morgan fingerprint density at radius 3 is 2.37 bits per heavy atom. The Labute approximate surface area is 206 Å². The SMILES string of the molecule is CC(CCn1ccc(-c2ccc(OCCCN3CCCCC3)cc2)cc1=O)(C(=O)NO)S(C)(=O)=O. The van der Waals surface area contributed by atoms with Crippen LogP contribution in [0.1, 0.15) is 39.0 Å².